The molecule has 1 aromatic rings. The number of hydrogen-bond acceptors (Lipinski definition) is 1. The number of Topliss-reactive ketones (excluding diaryl/α,β-unsaturated/α-hetero) is 1. The number of hydrogen-bond donors (Lipinski definition) is 0. The molecule has 1 atom stereocenters. The van der Waals surface area contributed by atoms with Crippen LogP contribution in [0.15, 0.2) is 30.3 Å². The van der Waals surface area contributed by atoms with Crippen LogP contribution in [0, 0.1) is 11.3 Å². The Labute approximate surface area is 97.9 Å². The highest BCUT2D eigenvalue weighted by Crippen LogP contribution is 2.43. The lowest BCUT2D eigenvalue weighted by Crippen LogP contribution is -2.34. The van der Waals surface area contributed by atoms with E-state index in [2.05, 4.69) is 38.1 Å². The first-order valence-electron chi connectivity index (χ1n) is 6.22. The van der Waals surface area contributed by atoms with Gasteiger partial charge in [-0.05, 0) is 30.7 Å². The van der Waals surface area contributed by atoms with E-state index in [1.54, 1.807) is 0 Å². The second-order valence-electron chi connectivity index (χ2n) is 5.25. The van der Waals surface area contributed by atoms with Crippen LogP contribution in [0.1, 0.15) is 38.7 Å². The van der Waals surface area contributed by atoms with Crippen molar-refractivity contribution in [1.29, 1.82) is 0 Å². The fraction of sp³-hybridized carbons (Fsp3) is 0.533. The second-order valence-corrected chi connectivity index (χ2v) is 5.25. The van der Waals surface area contributed by atoms with Crippen molar-refractivity contribution in [2.45, 2.75) is 39.5 Å². The number of rotatable bonds is 3. The summed E-state index contributed by atoms with van der Waals surface area (Å²) in [5.74, 6) is 0.925. The zero-order valence-electron chi connectivity index (χ0n) is 10.2. The van der Waals surface area contributed by atoms with Crippen molar-refractivity contribution in [2.75, 3.05) is 0 Å². The molecular weight excluding hydrogens is 196 g/mol. The maximum absolute atomic E-state index is 12.1. The quantitative estimate of drug-likeness (QED) is 0.754. The Bertz CT molecular complexity index is 366. The number of ketones is 1. The second kappa shape index (κ2) is 4.40. The van der Waals surface area contributed by atoms with Crippen molar-refractivity contribution in [3.05, 3.63) is 35.9 Å². The highest BCUT2D eigenvalue weighted by Gasteiger charge is 2.44. The topological polar surface area (TPSA) is 17.1 Å². The standard InChI is InChI=1S/C15H20O/c1-12(2)15(10-6-9-14(15)16)11-13-7-4-3-5-8-13/h3-5,7-8,12H,6,9-11H2,1-2H3. The minimum atomic E-state index is -0.0820. The number of carbonyl (C=O) groups excluding carboxylic acids is 1. The van der Waals surface area contributed by atoms with E-state index in [1.807, 2.05) is 6.07 Å². The predicted molar refractivity (Wildman–Crippen MR) is 66.3 cm³/mol. The Morgan fingerprint density at radius 1 is 1.25 bits per heavy atom. The van der Waals surface area contributed by atoms with Crippen molar-refractivity contribution in [3.8, 4) is 0 Å². The van der Waals surface area contributed by atoms with Crippen LogP contribution in [-0.4, -0.2) is 5.78 Å². The molecule has 16 heavy (non-hydrogen) atoms. The maximum Gasteiger partial charge on any atom is 0.139 e. The van der Waals surface area contributed by atoms with Gasteiger partial charge in [0.2, 0.25) is 0 Å². The monoisotopic (exact) mass is 216 g/mol. The van der Waals surface area contributed by atoms with Crippen LogP contribution in [0.5, 0.6) is 0 Å². The molecule has 0 N–H and O–H groups in total. The van der Waals surface area contributed by atoms with Gasteiger partial charge in [-0.2, -0.15) is 0 Å². The van der Waals surface area contributed by atoms with Gasteiger partial charge in [0.1, 0.15) is 5.78 Å². The summed E-state index contributed by atoms with van der Waals surface area (Å²) in [6.45, 7) is 4.37. The molecule has 1 aliphatic carbocycles. The Morgan fingerprint density at radius 2 is 1.94 bits per heavy atom. The third-order valence-corrected chi connectivity index (χ3v) is 4.05. The molecule has 1 heteroatoms. The van der Waals surface area contributed by atoms with Crippen molar-refractivity contribution in [3.63, 3.8) is 0 Å². The van der Waals surface area contributed by atoms with Gasteiger partial charge in [-0.1, -0.05) is 44.2 Å². The molecule has 1 fully saturated rings. The Morgan fingerprint density at radius 3 is 2.44 bits per heavy atom. The highest BCUT2D eigenvalue weighted by molar-refractivity contribution is 5.87. The van der Waals surface area contributed by atoms with Gasteiger partial charge in [-0.15, -0.1) is 0 Å². The number of carbonyl (C=O) groups is 1. The fourth-order valence-corrected chi connectivity index (χ4v) is 2.91. The lowest BCUT2D eigenvalue weighted by atomic mass is 9.71. The van der Waals surface area contributed by atoms with E-state index in [0.29, 0.717) is 11.7 Å². The molecule has 0 aromatic heterocycles. The van der Waals surface area contributed by atoms with Gasteiger partial charge in [0, 0.05) is 11.8 Å². The zero-order chi connectivity index (χ0) is 11.6. The lowest BCUT2D eigenvalue weighted by Gasteiger charge is -2.32. The Balaban J connectivity index is 2.25. The fourth-order valence-electron chi connectivity index (χ4n) is 2.91. The third kappa shape index (κ3) is 1.91. The molecular formula is C15H20O. The minimum Gasteiger partial charge on any atom is -0.299 e. The van der Waals surface area contributed by atoms with Crippen LogP contribution in [0.25, 0.3) is 0 Å². The summed E-state index contributed by atoms with van der Waals surface area (Å²) in [5, 5.41) is 0. The van der Waals surface area contributed by atoms with Crippen LogP contribution in [-0.2, 0) is 11.2 Å². The SMILES string of the molecule is CC(C)C1(Cc2ccccc2)CCCC1=O. The molecule has 0 heterocycles. The first kappa shape index (κ1) is 11.4. The molecule has 1 aliphatic rings. The molecule has 1 saturated carbocycles. The number of benzene rings is 1. The van der Waals surface area contributed by atoms with Crippen LogP contribution < -0.4 is 0 Å². The lowest BCUT2D eigenvalue weighted by molar-refractivity contribution is -0.128. The third-order valence-electron chi connectivity index (χ3n) is 4.05. The van der Waals surface area contributed by atoms with Crippen LogP contribution in [0.3, 0.4) is 0 Å². The zero-order valence-corrected chi connectivity index (χ0v) is 10.2. The summed E-state index contributed by atoms with van der Waals surface area (Å²) >= 11 is 0. The first-order chi connectivity index (χ1) is 7.65. The summed E-state index contributed by atoms with van der Waals surface area (Å²) in [4.78, 5) is 12.1. The van der Waals surface area contributed by atoms with Crippen LogP contribution >= 0.6 is 0 Å². The molecule has 0 saturated heterocycles. The largest absolute Gasteiger partial charge is 0.299 e. The van der Waals surface area contributed by atoms with Gasteiger partial charge >= 0.3 is 0 Å². The Kier molecular flexibility index (Phi) is 3.13. The van der Waals surface area contributed by atoms with Gasteiger partial charge < -0.3 is 0 Å². The maximum atomic E-state index is 12.1. The summed E-state index contributed by atoms with van der Waals surface area (Å²) in [5.41, 5.74) is 1.22. The van der Waals surface area contributed by atoms with Crippen LogP contribution in [0.2, 0.25) is 0 Å². The highest BCUT2D eigenvalue weighted by atomic mass is 16.1. The van der Waals surface area contributed by atoms with E-state index in [1.165, 1.54) is 5.56 Å². The van der Waals surface area contributed by atoms with E-state index in [-0.39, 0.29) is 5.41 Å². The molecule has 1 aromatic carbocycles. The van der Waals surface area contributed by atoms with E-state index in [4.69, 9.17) is 0 Å². The normalized spacial score (nSPS) is 25.3. The van der Waals surface area contributed by atoms with Crippen molar-refractivity contribution in [2.24, 2.45) is 11.3 Å². The van der Waals surface area contributed by atoms with Gasteiger partial charge in [0.25, 0.3) is 0 Å². The smallest absolute Gasteiger partial charge is 0.139 e. The van der Waals surface area contributed by atoms with Gasteiger partial charge in [-0.25, -0.2) is 0 Å². The molecule has 0 aliphatic heterocycles. The summed E-state index contributed by atoms with van der Waals surface area (Å²) in [7, 11) is 0. The van der Waals surface area contributed by atoms with Crippen molar-refractivity contribution < 1.29 is 4.79 Å². The van der Waals surface area contributed by atoms with E-state index < -0.39 is 0 Å². The molecule has 0 amide bonds. The molecule has 2 rings (SSSR count). The van der Waals surface area contributed by atoms with E-state index in [9.17, 15) is 4.79 Å². The van der Waals surface area contributed by atoms with Gasteiger partial charge in [-0.3, -0.25) is 4.79 Å². The molecule has 1 nitrogen and oxygen atoms in total. The van der Waals surface area contributed by atoms with Gasteiger partial charge in [0.15, 0.2) is 0 Å². The molecule has 0 radical (unpaired) electrons. The molecule has 0 bridgehead atoms. The van der Waals surface area contributed by atoms with Crippen LogP contribution in [0.4, 0.5) is 0 Å². The van der Waals surface area contributed by atoms with Crippen molar-refractivity contribution >= 4 is 5.78 Å². The minimum absolute atomic E-state index is 0.0820. The first-order valence-corrected chi connectivity index (χ1v) is 6.22. The summed E-state index contributed by atoms with van der Waals surface area (Å²) < 4.78 is 0. The van der Waals surface area contributed by atoms with E-state index in [0.717, 1.165) is 25.7 Å². The molecule has 1 unspecified atom stereocenters. The summed E-state index contributed by atoms with van der Waals surface area (Å²) in [6.07, 6.45) is 3.84. The molecule has 0 spiro atoms. The molecule has 86 valence electrons. The predicted octanol–water partition coefficient (Wildman–Crippen LogP) is 3.62. The van der Waals surface area contributed by atoms with Gasteiger partial charge in [0.05, 0.1) is 0 Å². The van der Waals surface area contributed by atoms with E-state index >= 15 is 0 Å². The average molecular weight is 216 g/mol. The summed E-state index contributed by atoms with van der Waals surface area (Å²) in [6, 6.07) is 10.4. The van der Waals surface area contributed by atoms with Crippen molar-refractivity contribution in [1.82, 2.24) is 0 Å². The Hall–Kier alpha value is -1.11. The average Bonchev–Trinajstić information content (AvgIpc) is 2.63.